The van der Waals surface area contributed by atoms with E-state index in [9.17, 15) is 29.4 Å². The minimum atomic E-state index is -1.46. The van der Waals surface area contributed by atoms with Crippen LogP contribution in [-0.4, -0.2) is 58.9 Å². The molecule has 0 saturated carbocycles. The van der Waals surface area contributed by atoms with Crippen molar-refractivity contribution in [3.05, 3.63) is 71.8 Å². The summed E-state index contributed by atoms with van der Waals surface area (Å²) in [6.07, 6.45) is 4.45. The zero-order valence-electron chi connectivity index (χ0n) is 27.1. The molecule has 0 aliphatic carbocycles. The van der Waals surface area contributed by atoms with Gasteiger partial charge in [0.15, 0.2) is 0 Å². The van der Waals surface area contributed by atoms with Gasteiger partial charge in [-0.05, 0) is 54.7 Å². The first-order chi connectivity index (χ1) is 21.5. The van der Waals surface area contributed by atoms with Crippen molar-refractivity contribution in [1.82, 2.24) is 21.3 Å². The molecule has 0 fully saturated rings. The van der Waals surface area contributed by atoms with Crippen LogP contribution in [0.2, 0.25) is 0 Å². The van der Waals surface area contributed by atoms with Gasteiger partial charge in [-0.3, -0.25) is 15.4 Å². The third kappa shape index (κ3) is 13.4. The molecule has 10 heteroatoms. The van der Waals surface area contributed by atoms with E-state index in [2.05, 4.69) is 16.0 Å². The van der Waals surface area contributed by atoms with Gasteiger partial charge in [0.05, 0.1) is 12.1 Å². The molecule has 248 valence electrons. The van der Waals surface area contributed by atoms with Crippen LogP contribution in [0.15, 0.2) is 60.7 Å². The van der Waals surface area contributed by atoms with Gasteiger partial charge in [0.25, 0.3) is 0 Å². The first-order valence-electron chi connectivity index (χ1n) is 16.1. The second-order valence-electron chi connectivity index (χ2n) is 12.5. The minimum absolute atomic E-state index is 0.136. The van der Waals surface area contributed by atoms with Crippen LogP contribution in [0.1, 0.15) is 77.3 Å². The molecule has 6 N–H and O–H groups in total. The maximum Gasteiger partial charge on any atom is 0.411 e. The van der Waals surface area contributed by atoms with E-state index < -0.39 is 29.8 Å². The Morgan fingerprint density at radius 2 is 1.36 bits per heavy atom. The Bertz CT molecular complexity index is 1180. The molecule has 3 amide bonds. The molecule has 0 bridgehead atoms. The van der Waals surface area contributed by atoms with E-state index in [1.165, 1.54) is 0 Å². The summed E-state index contributed by atoms with van der Waals surface area (Å²) in [7, 11) is 0. The highest BCUT2D eigenvalue weighted by Gasteiger charge is 2.44. The van der Waals surface area contributed by atoms with Gasteiger partial charge >= 0.3 is 12.2 Å². The first kappa shape index (κ1) is 37.4. The van der Waals surface area contributed by atoms with Crippen molar-refractivity contribution in [3.8, 4) is 0 Å². The summed E-state index contributed by atoms with van der Waals surface area (Å²) in [6, 6.07) is 18.2. The van der Waals surface area contributed by atoms with Crippen LogP contribution in [0.5, 0.6) is 0 Å². The number of imide groups is 1. The standard InChI is InChI=1S/C35H52N4O6/c1-25(2)30(24-40)36-21-15-7-5-6-14-20-29(22-27-16-10-8-11-17-27)35(39-34(44)45,23-28-18-12-9-13-19-28)38-31(26(3)4)32(41)37-33(42)43/h8-13,16-19,24-26,29-31,36,38-39H,5-7,14-15,20-23H2,1-4H3,(H,37,41)(H,42,43)(H,44,45). The van der Waals surface area contributed by atoms with E-state index in [-0.39, 0.29) is 30.2 Å². The highest BCUT2D eigenvalue weighted by Crippen LogP contribution is 2.31. The molecule has 0 heterocycles. The molecule has 0 aromatic heterocycles. The van der Waals surface area contributed by atoms with Gasteiger partial charge in [0.1, 0.15) is 11.9 Å². The number of aldehydes is 1. The fourth-order valence-electron chi connectivity index (χ4n) is 5.78. The Morgan fingerprint density at radius 3 is 1.89 bits per heavy atom. The maximum atomic E-state index is 13.1. The maximum absolute atomic E-state index is 13.1. The number of benzene rings is 2. The lowest BCUT2D eigenvalue weighted by molar-refractivity contribution is -0.124. The summed E-state index contributed by atoms with van der Waals surface area (Å²) in [5.41, 5.74) is 0.616. The number of unbranched alkanes of at least 4 members (excludes halogenated alkanes) is 4. The highest BCUT2D eigenvalue weighted by atomic mass is 16.4. The van der Waals surface area contributed by atoms with Crippen molar-refractivity contribution in [1.29, 1.82) is 0 Å². The molecule has 0 saturated heterocycles. The summed E-state index contributed by atoms with van der Waals surface area (Å²) in [4.78, 5) is 48.2. The molecule has 2 aromatic carbocycles. The lowest BCUT2D eigenvalue weighted by Gasteiger charge is -2.45. The molecule has 45 heavy (non-hydrogen) atoms. The molecule has 10 nitrogen and oxygen atoms in total. The van der Waals surface area contributed by atoms with Crippen molar-refractivity contribution in [2.75, 3.05) is 6.54 Å². The van der Waals surface area contributed by atoms with Crippen molar-refractivity contribution in [3.63, 3.8) is 0 Å². The molecular weight excluding hydrogens is 572 g/mol. The number of carboxylic acid groups (broad SMARTS) is 2. The lowest BCUT2D eigenvalue weighted by atomic mass is 9.78. The van der Waals surface area contributed by atoms with Crippen LogP contribution in [0.25, 0.3) is 0 Å². The molecule has 2 rings (SSSR count). The minimum Gasteiger partial charge on any atom is -0.465 e. The van der Waals surface area contributed by atoms with Crippen LogP contribution >= 0.6 is 0 Å². The molecule has 0 aliphatic heterocycles. The molecule has 0 radical (unpaired) electrons. The second-order valence-corrected chi connectivity index (χ2v) is 12.5. The van der Waals surface area contributed by atoms with E-state index in [0.29, 0.717) is 12.8 Å². The summed E-state index contributed by atoms with van der Waals surface area (Å²) in [6.45, 7) is 8.41. The van der Waals surface area contributed by atoms with E-state index in [1.54, 1.807) is 13.8 Å². The molecule has 4 unspecified atom stereocenters. The molecule has 0 aliphatic rings. The second kappa shape index (κ2) is 19.6. The van der Waals surface area contributed by atoms with Gasteiger partial charge < -0.3 is 25.6 Å². The van der Waals surface area contributed by atoms with Gasteiger partial charge in [0.2, 0.25) is 5.91 Å². The van der Waals surface area contributed by atoms with Gasteiger partial charge in [-0.15, -0.1) is 0 Å². The molecule has 0 spiro atoms. The average molecular weight is 625 g/mol. The van der Waals surface area contributed by atoms with E-state index >= 15 is 0 Å². The number of carbonyl (C=O) groups is 4. The SMILES string of the molecule is CC(C)C(C=O)NCCCCCCCC(Cc1ccccc1)C(Cc1ccccc1)(NC(=O)O)NC(C(=O)NC(=O)O)C(C)C. The van der Waals surface area contributed by atoms with Gasteiger partial charge in [-0.25, -0.2) is 9.59 Å². The lowest BCUT2D eigenvalue weighted by Crippen LogP contribution is -2.70. The summed E-state index contributed by atoms with van der Waals surface area (Å²) < 4.78 is 0. The largest absolute Gasteiger partial charge is 0.465 e. The fraction of sp³-hybridized carbons (Fsp3) is 0.543. The Labute approximate surface area is 267 Å². The number of carbonyl (C=O) groups excluding carboxylic acids is 2. The van der Waals surface area contributed by atoms with Gasteiger partial charge in [-0.2, -0.15) is 0 Å². The number of hydrogen-bond acceptors (Lipinski definition) is 6. The number of hydrogen-bond donors (Lipinski definition) is 6. The van der Waals surface area contributed by atoms with E-state index in [0.717, 1.165) is 56.1 Å². The molecule has 2 aromatic rings. The highest BCUT2D eigenvalue weighted by molar-refractivity contribution is 5.94. The molecule has 4 atom stereocenters. The third-order valence-corrected chi connectivity index (χ3v) is 8.24. The van der Waals surface area contributed by atoms with E-state index in [1.807, 2.05) is 79.8 Å². The number of amides is 3. The Kier molecular flexibility index (Phi) is 16.3. The monoisotopic (exact) mass is 624 g/mol. The normalized spacial score (nSPS) is 14.7. The Hall–Kier alpha value is -3.76. The van der Waals surface area contributed by atoms with Crippen molar-refractivity contribution < 1.29 is 29.4 Å². The first-order valence-corrected chi connectivity index (χ1v) is 16.1. The summed E-state index contributed by atoms with van der Waals surface area (Å²) >= 11 is 0. The fourth-order valence-corrected chi connectivity index (χ4v) is 5.78. The Balaban J connectivity index is 2.36. The van der Waals surface area contributed by atoms with Crippen molar-refractivity contribution >= 4 is 24.4 Å². The van der Waals surface area contributed by atoms with Crippen LogP contribution in [0.3, 0.4) is 0 Å². The molecular formula is C35H52N4O6. The average Bonchev–Trinajstić information content (AvgIpc) is 2.98. The smallest absolute Gasteiger partial charge is 0.411 e. The quantitative estimate of drug-likeness (QED) is 0.0594. The predicted octanol–water partition coefficient (Wildman–Crippen LogP) is 5.61. The van der Waals surface area contributed by atoms with Gasteiger partial charge in [0, 0.05) is 6.42 Å². The van der Waals surface area contributed by atoms with Crippen LogP contribution < -0.4 is 21.3 Å². The Morgan fingerprint density at radius 1 is 0.778 bits per heavy atom. The van der Waals surface area contributed by atoms with Gasteiger partial charge in [-0.1, -0.05) is 114 Å². The van der Waals surface area contributed by atoms with E-state index in [4.69, 9.17) is 0 Å². The summed E-state index contributed by atoms with van der Waals surface area (Å²) in [5.74, 6) is -1.10. The topological polar surface area (TPSA) is 157 Å². The van der Waals surface area contributed by atoms with Crippen LogP contribution in [0.4, 0.5) is 9.59 Å². The van der Waals surface area contributed by atoms with Crippen LogP contribution in [0, 0.1) is 17.8 Å². The third-order valence-electron chi connectivity index (χ3n) is 8.24. The van der Waals surface area contributed by atoms with Crippen LogP contribution in [-0.2, 0) is 22.4 Å². The zero-order valence-corrected chi connectivity index (χ0v) is 27.1. The zero-order chi connectivity index (χ0) is 33.2. The summed E-state index contributed by atoms with van der Waals surface area (Å²) in [5, 5.41) is 30.9. The van der Waals surface area contributed by atoms with Crippen molar-refractivity contribution in [2.24, 2.45) is 17.8 Å². The predicted molar refractivity (Wildman–Crippen MR) is 176 cm³/mol. The number of rotatable bonds is 21. The number of nitrogens with one attached hydrogen (secondary N) is 4. The van der Waals surface area contributed by atoms with Crippen molar-refractivity contribution in [2.45, 2.75) is 96.8 Å².